The van der Waals surface area contributed by atoms with Crippen LogP contribution in [-0.2, 0) is 24.2 Å². The summed E-state index contributed by atoms with van der Waals surface area (Å²) in [6.45, 7) is 10.7. The maximum Gasteiger partial charge on any atom is 0.342 e. The van der Waals surface area contributed by atoms with Crippen molar-refractivity contribution in [3.63, 3.8) is 0 Å². The first-order valence-corrected chi connectivity index (χ1v) is 15.0. The number of carboxylic acids is 1. The third kappa shape index (κ3) is 5.87. The predicted molar refractivity (Wildman–Crippen MR) is 163 cm³/mol. The quantitative estimate of drug-likeness (QED) is 0.280. The number of aromatic carboxylic acids is 1. The lowest BCUT2D eigenvalue weighted by atomic mass is 9.94. The summed E-state index contributed by atoms with van der Waals surface area (Å²) < 4.78 is 19.3. The molecule has 1 atom stereocenters. The molecule has 0 radical (unpaired) electrons. The number of aromatic nitrogens is 3. The van der Waals surface area contributed by atoms with Gasteiger partial charge in [0.2, 0.25) is 5.88 Å². The van der Waals surface area contributed by atoms with E-state index >= 15 is 0 Å². The van der Waals surface area contributed by atoms with Gasteiger partial charge in [-0.3, -0.25) is 4.90 Å². The highest BCUT2D eigenvalue weighted by atomic mass is 16.5. The van der Waals surface area contributed by atoms with Crippen molar-refractivity contribution in [2.75, 3.05) is 32.9 Å². The number of para-hydroxylation sites is 1. The lowest BCUT2D eigenvalue weighted by molar-refractivity contribution is 0.0692. The number of carboxylic acid groups (broad SMARTS) is 1. The minimum atomic E-state index is -1.10. The highest BCUT2D eigenvalue weighted by Crippen LogP contribution is 2.34. The number of carbonyl (C=O) groups is 1. The van der Waals surface area contributed by atoms with Crippen molar-refractivity contribution in [3.05, 3.63) is 88.1 Å². The van der Waals surface area contributed by atoms with Gasteiger partial charge in [-0.05, 0) is 86.1 Å². The van der Waals surface area contributed by atoms with Crippen LogP contribution >= 0.6 is 0 Å². The third-order valence-corrected chi connectivity index (χ3v) is 8.59. The van der Waals surface area contributed by atoms with Crippen LogP contribution in [0.4, 0.5) is 0 Å². The molecule has 9 nitrogen and oxygen atoms in total. The SMILES string of the molecule is CCOc1c(C(=O)O)cnn1-c1cccc(-c2cccc(C)c2OCc2ccc3c(c2C)CCN(C2CCOC2)CC3)n1. The standard InChI is InChI=1S/C34H38N4O5/c1-4-42-33-29(34(39)40)19-35-38(33)31-10-6-9-30(36-31)28-8-5-7-22(2)32(28)43-20-25-12-11-24-13-16-37(26-15-18-41-21-26)17-14-27(24)23(25)3/h5-12,19,26H,4,13-18,20-21H2,1-3H3,(H,39,40). The van der Waals surface area contributed by atoms with Crippen LogP contribution in [0.3, 0.4) is 0 Å². The van der Waals surface area contributed by atoms with Gasteiger partial charge in [-0.1, -0.05) is 30.3 Å². The summed E-state index contributed by atoms with van der Waals surface area (Å²) in [4.78, 5) is 19.2. The first-order chi connectivity index (χ1) is 20.9. The second-order valence-corrected chi connectivity index (χ2v) is 11.2. The molecule has 9 heteroatoms. The fourth-order valence-electron chi connectivity index (χ4n) is 6.22. The van der Waals surface area contributed by atoms with Gasteiger partial charge in [0.25, 0.3) is 0 Å². The normalized spacial score (nSPS) is 17.0. The van der Waals surface area contributed by atoms with Crippen molar-refractivity contribution in [2.24, 2.45) is 0 Å². The molecule has 2 aliphatic heterocycles. The van der Waals surface area contributed by atoms with Gasteiger partial charge < -0.3 is 19.3 Å². The number of aryl methyl sites for hydroxylation is 1. The van der Waals surface area contributed by atoms with Crippen molar-refractivity contribution in [1.29, 1.82) is 0 Å². The van der Waals surface area contributed by atoms with Gasteiger partial charge in [-0.2, -0.15) is 9.78 Å². The molecule has 1 fully saturated rings. The predicted octanol–water partition coefficient (Wildman–Crippen LogP) is 5.42. The van der Waals surface area contributed by atoms with Gasteiger partial charge >= 0.3 is 5.97 Å². The van der Waals surface area contributed by atoms with E-state index in [0.717, 1.165) is 62.4 Å². The molecule has 0 bridgehead atoms. The summed E-state index contributed by atoms with van der Waals surface area (Å²) in [6, 6.07) is 16.6. The minimum Gasteiger partial charge on any atom is -0.488 e. The van der Waals surface area contributed by atoms with E-state index in [1.807, 2.05) is 37.3 Å². The van der Waals surface area contributed by atoms with Crippen LogP contribution in [0.15, 0.2) is 54.7 Å². The van der Waals surface area contributed by atoms with Crippen LogP contribution < -0.4 is 9.47 Å². The van der Waals surface area contributed by atoms with E-state index in [9.17, 15) is 9.90 Å². The Kier molecular flexibility index (Phi) is 8.44. The maximum atomic E-state index is 11.7. The fraction of sp³-hybridized carbons (Fsp3) is 0.382. The molecule has 4 heterocycles. The zero-order chi connectivity index (χ0) is 29.9. The van der Waals surface area contributed by atoms with E-state index in [-0.39, 0.29) is 11.4 Å². The van der Waals surface area contributed by atoms with Gasteiger partial charge in [0.1, 0.15) is 17.9 Å². The summed E-state index contributed by atoms with van der Waals surface area (Å²) in [6.07, 6.45) is 4.52. The molecule has 2 aromatic carbocycles. The van der Waals surface area contributed by atoms with Crippen LogP contribution in [0.25, 0.3) is 17.1 Å². The molecule has 6 rings (SSSR count). The summed E-state index contributed by atoms with van der Waals surface area (Å²) in [5, 5.41) is 13.8. The highest BCUT2D eigenvalue weighted by molar-refractivity contribution is 5.90. The molecule has 0 spiro atoms. The molecule has 0 saturated carbocycles. The minimum absolute atomic E-state index is 0.00925. The Morgan fingerprint density at radius 3 is 2.70 bits per heavy atom. The Hall–Kier alpha value is -4.21. The molecule has 2 aliphatic rings. The second kappa shape index (κ2) is 12.6. The average molecular weight is 583 g/mol. The van der Waals surface area contributed by atoms with Gasteiger partial charge in [-0.25, -0.2) is 9.78 Å². The maximum absolute atomic E-state index is 11.7. The summed E-state index contributed by atoms with van der Waals surface area (Å²) >= 11 is 0. The first kappa shape index (κ1) is 28.9. The van der Waals surface area contributed by atoms with E-state index in [2.05, 4.69) is 29.1 Å². The van der Waals surface area contributed by atoms with Crippen molar-refractivity contribution < 1.29 is 24.1 Å². The number of hydrogen-bond donors (Lipinski definition) is 1. The smallest absolute Gasteiger partial charge is 0.342 e. The average Bonchev–Trinajstić information content (AvgIpc) is 3.64. The zero-order valence-electron chi connectivity index (χ0n) is 25.0. The molecule has 1 N–H and O–H groups in total. The Bertz CT molecular complexity index is 1630. The number of nitrogens with zero attached hydrogens (tertiary/aromatic N) is 4. The highest BCUT2D eigenvalue weighted by Gasteiger charge is 2.26. The van der Waals surface area contributed by atoms with Gasteiger partial charge in [0.15, 0.2) is 5.82 Å². The Morgan fingerprint density at radius 2 is 1.91 bits per heavy atom. The van der Waals surface area contributed by atoms with Crippen molar-refractivity contribution in [3.8, 4) is 28.7 Å². The fourth-order valence-corrected chi connectivity index (χ4v) is 6.22. The van der Waals surface area contributed by atoms with Gasteiger partial charge in [0, 0.05) is 31.3 Å². The molecule has 224 valence electrons. The van der Waals surface area contributed by atoms with E-state index in [0.29, 0.717) is 30.8 Å². The Balaban J connectivity index is 1.25. The van der Waals surface area contributed by atoms with Crippen LogP contribution in [0.1, 0.15) is 51.5 Å². The lowest BCUT2D eigenvalue weighted by Gasteiger charge is -2.25. The van der Waals surface area contributed by atoms with Crippen LogP contribution in [0.5, 0.6) is 11.6 Å². The summed E-state index contributed by atoms with van der Waals surface area (Å²) in [7, 11) is 0. The van der Waals surface area contributed by atoms with E-state index in [1.54, 1.807) is 13.0 Å². The monoisotopic (exact) mass is 582 g/mol. The summed E-state index contributed by atoms with van der Waals surface area (Å²) in [5.74, 6) is 0.277. The molecular weight excluding hydrogens is 544 g/mol. The number of ether oxygens (including phenoxy) is 3. The number of hydrogen-bond acceptors (Lipinski definition) is 7. The number of benzene rings is 2. The topological polar surface area (TPSA) is 98.9 Å². The molecule has 4 aromatic rings. The van der Waals surface area contributed by atoms with Crippen LogP contribution in [-0.4, -0.2) is 69.7 Å². The lowest BCUT2D eigenvalue weighted by Crippen LogP contribution is -2.37. The van der Waals surface area contributed by atoms with Crippen molar-refractivity contribution in [2.45, 2.75) is 52.7 Å². The molecule has 0 aliphatic carbocycles. The Morgan fingerprint density at radius 1 is 1.07 bits per heavy atom. The molecule has 1 unspecified atom stereocenters. The van der Waals surface area contributed by atoms with Crippen molar-refractivity contribution >= 4 is 5.97 Å². The van der Waals surface area contributed by atoms with Crippen LogP contribution in [0, 0.1) is 13.8 Å². The second-order valence-electron chi connectivity index (χ2n) is 11.2. The molecular formula is C34H38N4O5. The Labute approximate surface area is 252 Å². The number of rotatable bonds is 9. The van der Waals surface area contributed by atoms with E-state index in [4.69, 9.17) is 19.2 Å². The largest absolute Gasteiger partial charge is 0.488 e. The first-order valence-electron chi connectivity index (χ1n) is 15.0. The van der Waals surface area contributed by atoms with Gasteiger partial charge in [0.05, 0.1) is 25.1 Å². The molecule has 43 heavy (non-hydrogen) atoms. The van der Waals surface area contributed by atoms with Crippen LogP contribution in [0.2, 0.25) is 0 Å². The number of fused-ring (bicyclic) bond motifs is 1. The third-order valence-electron chi connectivity index (χ3n) is 8.59. The van der Waals surface area contributed by atoms with E-state index in [1.165, 1.54) is 33.1 Å². The van der Waals surface area contributed by atoms with Gasteiger partial charge in [-0.15, -0.1) is 0 Å². The number of pyridine rings is 1. The van der Waals surface area contributed by atoms with Crippen molar-refractivity contribution in [1.82, 2.24) is 19.7 Å². The molecule has 1 saturated heterocycles. The zero-order valence-corrected chi connectivity index (χ0v) is 25.0. The summed E-state index contributed by atoms with van der Waals surface area (Å²) in [5.41, 5.74) is 7.94. The molecule has 0 amide bonds. The molecule has 2 aromatic heterocycles. The van der Waals surface area contributed by atoms with E-state index < -0.39 is 5.97 Å².